The zero-order valence-corrected chi connectivity index (χ0v) is 16.2. The maximum Gasteiger partial charge on any atom is 0.234 e. The molecule has 0 radical (unpaired) electrons. The number of nitrogens with zero attached hydrogens (tertiary/aromatic N) is 2. The maximum absolute atomic E-state index is 12.2. The van der Waals surface area contributed by atoms with Crippen LogP contribution in [0.4, 0.5) is 5.69 Å². The minimum absolute atomic E-state index is 0.0592. The van der Waals surface area contributed by atoms with Gasteiger partial charge in [0.15, 0.2) is 0 Å². The fraction of sp³-hybridized carbons (Fsp3) is 0.150. The molecule has 1 aromatic heterocycles. The molecule has 6 heteroatoms. The number of hydrogen-bond donors (Lipinski definition) is 1. The monoisotopic (exact) mass is 381 g/mol. The largest absolute Gasteiger partial charge is 0.325 e. The summed E-state index contributed by atoms with van der Waals surface area (Å²) >= 11 is 2.95. The zero-order chi connectivity index (χ0) is 18.4. The molecule has 0 aliphatic rings. The Morgan fingerprint density at radius 3 is 2.42 bits per heavy atom. The Bertz CT molecular complexity index is 898. The number of hydrogen-bond acceptors (Lipinski definition) is 5. The zero-order valence-electron chi connectivity index (χ0n) is 14.6. The molecule has 2 aromatic carbocycles. The molecule has 3 aromatic rings. The number of aryl methyl sites for hydroxylation is 2. The summed E-state index contributed by atoms with van der Waals surface area (Å²) in [5.41, 5.74) is 3.16. The van der Waals surface area contributed by atoms with E-state index in [0.717, 1.165) is 26.2 Å². The number of nitrogens with one attached hydrogen (secondary N) is 1. The van der Waals surface area contributed by atoms with Crippen LogP contribution in [0.1, 0.15) is 11.1 Å². The first-order chi connectivity index (χ1) is 12.6. The van der Waals surface area contributed by atoms with Crippen LogP contribution in [-0.4, -0.2) is 21.6 Å². The van der Waals surface area contributed by atoms with Crippen molar-refractivity contribution in [1.29, 1.82) is 0 Å². The van der Waals surface area contributed by atoms with Crippen LogP contribution >= 0.6 is 23.5 Å². The number of carbonyl (C=O) groups is 1. The van der Waals surface area contributed by atoms with Gasteiger partial charge in [-0.2, -0.15) is 0 Å². The molecule has 0 unspecified atom stereocenters. The molecular formula is C20H19N3OS2. The van der Waals surface area contributed by atoms with E-state index >= 15 is 0 Å². The fourth-order valence-corrected chi connectivity index (χ4v) is 4.06. The highest BCUT2D eigenvalue weighted by Crippen LogP contribution is 2.32. The Hall–Kier alpha value is -2.31. The van der Waals surface area contributed by atoms with Crippen LogP contribution in [0.3, 0.4) is 0 Å². The van der Waals surface area contributed by atoms with Gasteiger partial charge in [-0.15, -0.1) is 0 Å². The summed E-state index contributed by atoms with van der Waals surface area (Å²) in [6.07, 6.45) is 3.33. The number of carbonyl (C=O) groups excluding carboxylic acids is 1. The van der Waals surface area contributed by atoms with Crippen LogP contribution < -0.4 is 5.32 Å². The van der Waals surface area contributed by atoms with Crippen LogP contribution in [0.2, 0.25) is 0 Å². The minimum Gasteiger partial charge on any atom is -0.325 e. The van der Waals surface area contributed by atoms with Crippen molar-refractivity contribution in [3.8, 4) is 0 Å². The summed E-state index contributed by atoms with van der Waals surface area (Å²) in [6.45, 7) is 4.08. The molecule has 0 saturated carbocycles. The van der Waals surface area contributed by atoms with Gasteiger partial charge in [-0.25, -0.2) is 9.97 Å². The summed E-state index contributed by atoms with van der Waals surface area (Å²) in [6, 6.07) is 16.0. The molecular weight excluding hydrogens is 362 g/mol. The minimum atomic E-state index is -0.0592. The third-order valence-electron chi connectivity index (χ3n) is 3.51. The lowest BCUT2D eigenvalue weighted by Gasteiger charge is -2.08. The average Bonchev–Trinajstić information content (AvgIpc) is 2.63. The van der Waals surface area contributed by atoms with Gasteiger partial charge in [-0.1, -0.05) is 58.9 Å². The predicted octanol–water partition coefficient (Wildman–Crippen LogP) is 4.98. The fourth-order valence-electron chi connectivity index (χ4n) is 2.24. The van der Waals surface area contributed by atoms with E-state index in [2.05, 4.69) is 34.3 Å². The molecule has 1 heterocycles. The molecule has 0 spiro atoms. The lowest BCUT2D eigenvalue weighted by molar-refractivity contribution is -0.113. The Morgan fingerprint density at radius 2 is 1.69 bits per heavy atom. The summed E-state index contributed by atoms with van der Waals surface area (Å²) in [5, 5.41) is 4.47. The molecule has 0 atom stereocenters. The molecule has 0 fully saturated rings. The summed E-state index contributed by atoms with van der Waals surface area (Å²) < 4.78 is 0. The molecule has 0 bridgehead atoms. The molecule has 1 N–H and O–H groups in total. The van der Waals surface area contributed by atoms with Crippen molar-refractivity contribution >= 4 is 35.1 Å². The van der Waals surface area contributed by atoms with E-state index in [1.54, 1.807) is 24.2 Å². The second kappa shape index (κ2) is 8.87. The van der Waals surface area contributed by atoms with Crippen LogP contribution in [0.15, 0.2) is 75.9 Å². The van der Waals surface area contributed by atoms with E-state index in [1.165, 1.54) is 17.3 Å². The van der Waals surface area contributed by atoms with E-state index in [1.807, 2.05) is 43.3 Å². The summed E-state index contributed by atoms with van der Waals surface area (Å²) in [5.74, 6) is 0.226. The van der Waals surface area contributed by atoms with Gasteiger partial charge in [-0.05, 0) is 38.1 Å². The van der Waals surface area contributed by atoms with Gasteiger partial charge in [0, 0.05) is 23.0 Å². The predicted molar refractivity (Wildman–Crippen MR) is 108 cm³/mol. The lowest BCUT2D eigenvalue weighted by Crippen LogP contribution is -2.14. The summed E-state index contributed by atoms with van der Waals surface area (Å²) in [7, 11) is 0. The quantitative estimate of drug-likeness (QED) is 0.611. The maximum atomic E-state index is 12.2. The third-order valence-corrected chi connectivity index (χ3v) is 5.60. The molecule has 1 amide bonds. The van der Waals surface area contributed by atoms with Gasteiger partial charge in [0.2, 0.25) is 5.91 Å². The number of amides is 1. The third kappa shape index (κ3) is 5.34. The number of benzene rings is 2. The smallest absolute Gasteiger partial charge is 0.234 e. The van der Waals surface area contributed by atoms with Gasteiger partial charge in [0.25, 0.3) is 0 Å². The molecule has 0 saturated heterocycles. The first-order valence-corrected chi connectivity index (χ1v) is 9.95. The highest BCUT2D eigenvalue weighted by Gasteiger charge is 2.11. The highest BCUT2D eigenvalue weighted by molar-refractivity contribution is 8.02. The number of anilines is 1. The van der Waals surface area contributed by atoms with Crippen LogP contribution in [0, 0.1) is 13.8 Å². The van der Waals surface area contributed by atoms with E-state index in [-0.39, 0.29) is 11.7 Å². The second-order valence-corrected chi connectivity index (χ2v) is 7.81. The molecule has 3 rings (SSSR count). The van der Waals surface area contributed by atoms with E-state index < -0.39 is 0 Å². The van der Waals surface area contributed by atoms with Gasteiger partial charge < -0.3 is 5.32 Å². The van der Waals surface area contributed by atoms with Crippen LogP contribution in [0.5, 0.6) is 0 Å². The van der Waals surface area contributed by atoms with Crippen molar-refractivity contribution in [3.05, 3.63) is 72.1 Å². The SMILES string of the molecule is Cc1ccc(NC(=O)CSc2nccnc2Sc2cccc(C)c2)cc1. The van der Waals surface area contributed by atoms with Crippen LogP contribution in [0.25, 0.3) is 0 Å². The molecule has 132 valence electrons. The van der Waals surface area contributed by atoms with E-state index in [4.69, 9.17) is 0 Å². The number of rotatable bonds is 6. The van der Waals surface area contributed by atoms with Crippen molar-refractivity contribution in [1.82, 2.24) is 9.97 Å². The molecule has 0 aliphatic carbocycles. The van der Waals surface area contributed by atoms with Gasteiger partial charge in [0.1, 0.15) is 10.1 Å². The molecule has 26 heavy (non-hydrogen) atoms. The number of thioether (sulfide) groups is 1. The van der Waals surface area contributed by atoms with Crippen molar-refractivity contribution in [2.45, 2.75) is 28.8 Å². The van der Waals surface area contributed by atoms with Crippen molar-refractivity contribution < 1.29 is 4.79 Å². The van der Waals surface area contributed by atoms with E-state index in [9.17, 15) is 4.79 Å². The second-order valence-electron chi connectivity index (χ2n) is 5.79. The Labute approximate surface area is 161 Å². The van der Waals surface area contributed by atoms with Gasteiger partial charge in [-0.3, -0.25) is 4.79 Å². The molecule has 4 nitrogen and oxygen atoms in total. The first-order valence-electron chi connectivity index (χ1n) is 8.15. The Balaban J connectivity index is 1.62. The van der Waals surface area contributed by atoms with Crippen molar-refractivity contribution in [2.24, 2.45) is 0 Å². The highest BCUT2D eigenvalue weighted by atomic mass is 32.2. The van der Waals surface area contributed by atoms with Crippen molar-refractivity contribution in [3.63, 3.8) is 0 Å². The lowest BCUT2D eigenvalue weighted by atomic mass is 10.2. The van der Waals surface area contributed by atoms with Crippen LogP contribution in [-0.2, 0) is 4.79 Å². The van der Waals surface area contributed by atoms with E-state index in [0.29, 0.717) is 0 Å². The van der Waals surface area contributed by atoms with Crippen molar-refractivity contribution in [2.75, 3.05) is 11.1 Å². The Morgan fingerprint density at radius 1 is 0.962 bits per heavy atom. The normalized spacial score (nSPS) is 10.5. The summed E-state index contributed by atoms with van der Waals surface area (Å²) in [4.78, 5) is 22.1. The van der Waals surface area contributed by atoms with Gasteiger partial charge in [0.05, 0.1) is 5.75 Å². The van der Waals surface area contributed by atoms with Gasteiger partial charge >= 0.3 is 0 Å². The standard InChI is InChI=1S/C20H19N3OS2/c1-14-6-8-16(9-7-14)23-18(24)13-25-19-20(22-11-10-21-19)26-17-5-3-4-15(2)12-17/h3-12H,13H2,1-2H3,(H,23,24). The Kier molecular flexibility index (Phi) is 6.30. The first kappa shape index (κ1) is 18.5. The molecule has 0 aliphatic heterocycles. The topological polar surface area (TPSA) is 54.9 Å². The number of aromatic nitrogens is 2. The average molecular weight is 382 g/mol.